The van der Waals surface area contributed by atoms with Crippen molar-refractivity contribution in [1.29, 1.82) is 0 Å². The van der Waals surface area contributed by atoms with Crippen molar-refractivity contribution in [3.63, 3.8) is 0 Å². The van der Waals surface area contributed by atoms with Gasteiger partial charge < -0.3 is 10.2 Å². The molecule has 0 atom stereocenters. The van der Waals surface area contributed by atoms with E-state index in [1.165, 1.54) is 0 Å². The Morgan fingerprint density at radius 1 is 1.47 bits per heavy atom. The molecule has 0 saturated carbocycles. The molecule has 1 N–H and O–H groups in total. The van der Waals surface area contributed by atoms with Crippen molar-refractivity contribution in [2.75, 3.05) is 29.6 Å². The van der Waals surface area contributed by atoms with Gasteiger partial charge in [-0.3, -0.25) is 0 Å². The summed E-state index contributed by atoms with van der Waals surface area (Å²) >= 11 is 5.83. The summed E-state index contributed by atoms with van der Waals surface area (Å²) in [4.78, 5) is 10.5. The molecule has 0 aliphatic carbocycles. The van der Waals surface area contributed by atoms with Gasteiger partial charge in [-0.05, 0) is 17.5 Å². The summed E-state index contributed by atoms with van der Waals surface area (Å²) in [5.74, 6) is 2.48. The van der Waals surface area contributed by atoms with Crippen LogP contribution < -0.4 is 10.2 Å². The summed E-state index contributed by atoms with van der Waals surface area (Å²) in [6, 6.07) is 6.02. The van der Waals surface area contributed by atoms with Crippen LogP contribution in [-0.4, -0.2) is 29.3 Å². The van der Waals surface area contributed by atoms with Crippen LogP contribution in [0.25, 0.3) is 0 Å². The smallest absolute Gasteiger partial charge is 0.138 e. The molecular formula is C11H14N4S2. The fourth-order valence-corrected chi connectivity index (χ4v) is 2.20. The number of aromatic nitrogens is 2. The van der Waals surface area contributed by atoms with Crippen LogP contribution in [0.5, 0.6) is 0 Å². The van der Waals surface area contributed by atoms with E-state index in [-0.39, 0.29) is 0 Å². The third kappa shape index (κ3) is 3.10. The lowest BCUT2D eigenvalue weighted by Crippen LogP contribution is -2.11. The van der Waals surface area contributed by atoms with Crippen molar-refractivity contribution in [2.24, 2.45) is 0 Å². The summed E-state index contributed by atoms with van der Waals surface area (Å²) in [5.41, 5.74) is 0. The van der Waals surface area contributed by atoms with Gasteiger partial charge in [0.1, 0.15) is 18.0 Å². The second kappa shape index (κ2) is 5.88. The van der Waals surface area contributed by atoms with Crippen LogP contribution in [0.2, 0.25) is 0 Å². The minimum Gasteiger partial charge on any atom is -0.369 e. The molecule has 2 aromatic heterocycles. The highest BCUT2D eigenvalue weighted by Gasteiger charge is 2.07. The first-order valence-corrected chi connectivity index (χ1v) is 6.76. The molecule has 0 aliphatic heterocycles. The first-order valence-electron chi connectivity index (χ1n) is 5.25. The van der Waals surface area contributed by atoms with Crippen LogP contribution in [0, 0.1) is 0 Å². The Bertz CT molecular complexity index is 458. The maximum absolute atomic E-state index is 4.27. The van der Waals surface area contributed by atoms with E-state index in [0.717, 1.165) is 28.9 Å². The number of anilines is 3. The van der Waals surface area contributed by atoms with Crippen molar-refractivity contribution >= 4 is 40.6 Å². The van der Waals surface area contributed by atoms with Crippen molar-refractivity contribution < 1.29 is 0 Å². The van der Waals surface area contributed by atoms with Crippen LogP contribution in [0.3, 0.4) is 0 Å². The number of nitrogens with one attached hydrogen (secondary N) is 1. The zero-order valence-electron chi connectivity index (χ0n) is 9.50. The molecule has 2 rings (SSSR count). The molecule has 2 heterocycles. The summed E-state index contributed by atoms with van der Waals surface area (Å²) in [6.45, 7) is 0.794. The molecule has 4 nitrogen and oxygen atoms in total. The molecule has 0 saturated heterocycles. The van der Waals surface area contributed by atoms with Crippen LogP contribution in [0.4, 0.5) is 16.6 Å². The number of thiol groups is 1. The van der Waals surface area contributed by atoms with E-state index >= 15 is 0 Å². The first kappa shape index (κ1) is 12.2. The standard InChI is InChI=1S/C11H14N4S2/c1-15(11-3-2-6-17-11)10-7-9(12-4-5-16)13-8-14-10/h2-3,6-8,16H,4-5H2,1H3,(H,12,13,14). The van der Waals surface area contributed by atoms with Gasteiger partial charge in [-0.15, -0.1) is 11.3 Å². The minimum absolute atomic E-state index is 0.778. The Kier molecular flexibility index (Phi) is 4.22. The topological polar surface area (TPSA) is 41.0 Å². The highest BCUT2D eigenvalue weighted by atomic mass is 32.1. The van der Waals surface area contributed by atoms with Crippen molar-refractivity contribution in [3.8, 4) is 0 Å². The zero-order chi connectivity index (χ0) is 12.1. The van der Waals surface area contributed by atoms with Crippen molar-refractivity contribution in [2.45, 2.75) is 0 Å². The van der Waals surface area contributed by atoms with E-state index in [9.17, 15) is 0 Å². The van der Waals surface area contributed by atoms with E-state index in [2.05, 4.69) is 34.0 Å². The van der Waals surface area contributed by atoms with Gasteiger partial charge in [-0.1, -0.05) is 0 Å². The molecule has 0 spiro atoms. The monoisotopic (exact) mass is 266 g/mol. The average Bonchev–Trinajstić information content (AvgIpc) is 2.89. The molecule has 90 valence electrons. The summed E-state index contributed by atoms with van der Waals surface area (Å²) in [7, 11) is 2.00. The second-order valence-corrected chi connectivity index (χ2v) is 4.80. The van der Waals surface area contributed by atoms with Gasteiger partial charge in [0.2, 0.25) is 0 Å². The van der Waals surface area contributed by atoms with Gasteiger partial charge >= 0.3 is 0 Å². The highest BCUT2D eigenvalue weighted by molar-refractivity contribution is 7.80. The van der Waals surface area contributed by atoms with Crippen LogP contribution >= 0.6 is 24.0 Å². The van der Waals surface area contributed by atoms with Crippen LogP contribution in [0.15, 0.2) is 29.9 Å². The number of nitrogens with zero attached hydrogens (tertiary/aromatic N) is 3. The molecule has 6 heteroatoms. The summed E-state index contributed by atoms with van der Waals surface area (Å²) in [5, 5.41) is 6.39. The van der Waals surface area contributed by atoms with E-state index in [0.29, 0.717) is 0 Å². The first-order chi connectivity index (χ1) is 8.31. The lowest BCUT2D eigenvalue weighted by Gasteiger charge is -2.16. The molecule has 0 unspecified atom stereocenters. The number of hydrogen-bond acceptors (Lipinski definition) is 6. The van der Waals surface area contributed by atoms with Gasteiger partial charge in [0.05, 0.1) is 5.00 Å². The third-order valence-corrected chi connectivity index (χ3v) is 3.42. The number of rotatable bonds is 5. The molecule has 0 aromatic carbocycles. The lowest BCUT2D eigenvalue weighted by molar-refractivity contribution is 1.07. The Labute approximate surface area is 110 Å². The molecule has 2 aromatic rings. The predicted molar refractivity (Wildman–Crippen MR) is 76.8 cm³/mol. The fraction of sp³-hybridized carbons (Fsp3) is 0.273. The van der Waals surface area contributed by atoms with Crippen molar-refractivity contribution in [1.82, 2.24) is 9.97 Å². The van der Waals surface area contributed by atoms with E-state index < -0.39 is 0 Å². The van der Waals surface area contributed by atoms with Gasteiger partial charge in [-0.25, -0.2) is 9.97 Å². The highest BCUT2D eigenvalue weighted by Crippen LogP contribution is 2.26. The van der Waals surface area contributed by atoms with E-state index in [1.807, 2.05) is 29.5 Å². The molecule has 0 bridgehead atoms. The molecule has 0 radical (unpaired) electrons. The maximum Gasteiger partial charge on any atom is 0.138 e. The van der Waals surface area contributed by atoms with Gasteiger partial charge in [0.25, 0.3) is 0 Å². The third-order valence-electron chi connectivity index (χ3n) is 2.25. The molecule has 17 heavy (non-hydrogen) atoms. The molecule has 0 amide bonds. The largest absolute Gasteiger partial charge is 0.369 e. The van der Waals surface area contributed by atoms with Crippen LogP contribution in [-0.2, 0) is 0 Å². The summed E-state index contributed by atoms with van der Waals surface area (Å²) in [6.07, 6.45) is 1.57. The predicted octanol–water partition coefficient (Wildman–Crippen LogP) is 2.65. The number of hydrogen-bond donors (Lipinski definition) is 2. The Morgan fingerprint density at radius 2 is 2.35 bits per heavy atom. The molecule has 0 aliphatic rings. The molecular weight excluding hydrogens is 252 g/mol. The van der Waals surface area contributed by atoms with Gasteiger partial charge in [0, 0.05) is 25.4 Å². The van der Waals surface area contributed by atoms with Crippen molar-refractivity contribution in [3.05, 3.63) is 29.9 Å². The Hall–Kier alpha value is -1.27. The van der Waals surface area contributed by atoms with E-state index in [1.54, 1.807) is 17.7 Å². The van der Waals surface area contributed by atoms with E-state index in [4.69, 9.17) is 0 Å². The minimum atomic E-state index is 0.778. The molecule has 0 fully saturated rings. The Morgan fingerprint density at radius 3 is 3.06 bits per heavy atom. The van der Waals surface area contributed by atoms with Gasteiger partial charge in [-0.2, -0.15) is 12.6 Å². The Balaban J connectivity index is 2.15. The second-order valence-electron chi connectivity index (χ2n) is 3.42. The lowest BCUT2D eigenvalue weighted by atomic mass is 10.4. The summed E-state index contributed by atoms with van der Waals surface area (Å²) < 4.78 is 0. The average molecular weight is 266 g/mol. The normalized spacial score (nSPS) is 10.2. The fourth-order valence-electron chi connectivity index (χ4n) is 1.38. The van der Waals surface area contributed by atoms with Crippen LogP contribution in [0.1, 0.15) is 0 Å². The quantitative estimate of drug-likeness (QED) is 0.816. The number of thiophene rings is 1. The maximum atomic E-state index is 4.27. The zero-order valence-corrected chi connectivity index (χ0v) is 11.2. The van der Waals surface area contributed by atoms with Gasteiger partial charge in [0.15, 0.2) is 0 Å². The SMILES string of the molecule is CN(c1cc(NCCS)ncn1)c1cccs1.